The van der Waals surface area contributed by atoms with Crippen LogP contribution >= 0.6 is 11.8 Å². The second kappa shape index (κ2) is 8.32. The molecule has 2 heterocycles. The molecular weight excluding hydrogens is 388 g/mol. The van der Waals surface area contributed by atoms with Crippen molar-refractivity contribution in [2.75, 3.05) is 12.9 Å². The van der Waals surface area contributed by atoms with E-state index < -0.39 is 5.63 Å². The number of amidine groups is 1. The van der Waals surface area contributed by atoms with Crippen LogP contribution in [0.5, 0.6) is 5.75 Å². The normalized spacial score (nSPS) is 15.9. The number of ether oxygens (including phenoxy) is 1. The fourth-order valence-corrected chi connectivity index (χ4v) is 3.50. The topological polar surface area (TPSA) is 88.5 Å². The van der Waals surface area contributed by atoms with Gasteiger partial charge in [0.15, 0.2) is 0 Å². The lowest BCUT2D eigenvalue weighted by Gasteiger charge is -2.13. The maximum Gasteiger partial charge on any atom is 0.345 e. The molecule has 1 aromatic heterocycles. The van der Waals surface area contributed by atoms with Crippen molar-refractivity contribution in [1.82, 2.24) is 5.43 Å². The molecule has 0 aliphatic carbocycles. The van der Waals surface area contributed by atoms with E-state index in [-0.39, 0.29) is 0 Å². The predicted molar refractivity (Wildman–Crippen MR) is 117 cm³/mol. The quantitative estimate of drug-likeness (QED) is 0.406. The van der Waals surface area contributed by atoms with Crippen LogP contribution in [0.4, 0.5) is 0 Å². The number of nitrogens with zero attached hydrogens (tertiary/aromatic N) is 3. The number of fused-ring (bicyclic) bond motifs is 1. The molecule has 3 aromatic rings. The van der Waals surface area contributed by atoms with E-state index in [1.807, 2.05) is 43.3 Å². The highest BCUT2D eigenvalue weighted by molar-refractivity contribution is 8.14. The third-order valence-electron chi connectivity index (χ3n) is 4.36. The summed E-state index contributed by atoms with van der Waals surface area (Å²) in [6, 6.07) is 16.9. The van der Waals surface area contributed by atoms with Crippen molar-refractivity contribution in [1.29, 1.82) is 0 Å². The van der Waals surface area contributed by atoms with Crippen LogP contribution in [0, 0.1) is 0 Å². The van der Waals surface area contributed by atoms with Gasteiger partial charge in [-0.15, -0.1) is 5.10 Å². The predicted octanol–water partition coefficient (Wildman–Crippen LogP) is 3.62. The molecule has 1 aliphatic heterocycles. The summed E-state index contributed by atoms with van der Waals surface area (Å²) in [6.45, 7) is 1.90. The van der Waals surface area contributed by atoms with E-state index >= 15 is 0 Å². The number of nitrogens with one attached hydrogen (secondary N) is 1. The smallest absolute Gasteiger partial charge is 0.345 e. The Morgan fingerprint density at radius 2 is 2.03 bits per heavy atom. The molecule has 0 saturated carbocycles. The minimum Gasteiger partial charge on any atom is -0.497 e. The number of thioether (sulfide) groups is 1. The SMILES string of the molecule is COc1ccc2oc(=O)c(C3=NN/C(=N\N=C(/C)c4ccccc4)SC3)cc2c1. The summed E-state index contributed by atoms with van der Waals surface area (Å²) in [6.07, 6.45) is 0. The van der Waals surface area contributed by atoms with Crippen molar-refractivity contribution in [2.24, 2.45) is 15.3 Å². The monoisotopic (exact) mass is 406 g/mol. The van der Waals surface area contributed by atoms with Gasteiger partial charge in [0.05, 0.1) is 24.1 Å². The second-order valence-corrected chi connectivity index (χ2v) is 7.23. The Morgan fingerprint density at radius 3 is 2.76 bits per heavy atom. The van der Waals surface area contributed by atoms with Crippen LogP contribution in [0.15, 0.2) is 79.1 Å². The van der Waals surface area contributed by atoms with E-state index in [1.165, 1.54) is 11.8 Å². The highest BCUT2D eigenvalue weighted by Crippen LogP contribution is 2.21. The number of methoxy groups -OCH3 is 1. The highest BCUT2D eigenvalue weighted by atomic mass is 32.2. The Balaban J connectivity index is 1.57. The molecule has 0 atom stereocenters. The van der Waals surface area contributed by atoms with Gasteiger partial charge in [-0.2, -0.15) is 10.2 Å². The van der Waals surface area contributed by atoms with E-state index in [0.29, 0.717) is 33.5 Å². The first-order valence-corrected chi connectivity index (χ1v) is 9.88. The molecule has 7 nitrogen and oxygen atoms in total. The summed E-state index contributed by atoms with van der Waals surface area (Å²) < 4.78 is 10.7. The zero-order valence-electron chi connectivity index (χ0n) is 15.9. The van der Waals surface area contributed by atoms with Gasteiger partial charge in [0.25, 0.3) is 0 Å². The average Bonchev–Trinajstić information content (AvgIpc) is 2.77. The Labute approximate surface area is 171 Å². The Hall–Kier alpha value is -3.39. The molecule has 0 spiro atoms. The highest BCUT2D eigenvalue weighted by Gasteiger charge is 2.18. The van der Waals surface area contributed by atoms with Crippen molar-refractivity contribution >= 4 is 39.3 Å². The lowest BCUT2D eigenvalue weighted by Crippen LogP contribution is -2.28. The van der Waals surface area contributed by atoms with Crippen molar-refractivity contribution < 1.29 is 9.15 Å². The average molecular weight is 406 g/mol. The van der Waals surface area contributed by atoms with Crippen LogP contribution in [0.1, 0.15) is 18.1 Å². The van der Waals surface area contributed by atoms with Crippen LogP contribution in [-0.4, -0.2) is 29.5 Å². The van der Waals surface area contributed by atoms with Crippen molar-refractivity contribution in [3.05, 3.63) is 76.1 Å². The zero-order valence-corrected chi connectivity index (χ0v) is 16.7. The summed E-state index contributed by atoms with van der Waals surface area (Å²) in [5.74, 6) is 1.17. The first-order chi connectivity index (χ1) is 14.1. The molecule has 0 amide bonds. The van der Waals surface area contributed by atoms with Crippen molar-refractivity contribution in [2.45, 2.75) is 6.92 Å². The fraction of sp³-hybridized carbons (Fsp3) is 0.143. The van der Waals surface area contributed by atoms with Gasteiger partial charge >= 0.3 is 5.63 Å². The standard InChI is InChI=1S/C21H18N4O3S/c1-13(14-6-4-3-5-7-14)22-24-21-25-23-18(12-29-21)17-11-15-10-16(27-2)8-9-19(15)28-20(17)26/h3-11H,12H2,1-2H3,(H,24,25)/b22-13+. The lowest BCUT2D eigenvalue weighted by atomic mass is 10.1. The Morgan fingerprint density at radius 1 is 1.21 bits per heavy atom. The molecule has 0 unspecified atom stereocenters. The van der Waals surface area contributed by atoms with Crippen molar-refractivity contribution in [3.8, 4) is 5.75 Å². The summed E-state index contributed by atoms with van der Waals surface area (Å²) in [4.78, 5) is 12.4. The van der Waals surface area contributed by atoms with E-state index in [2.05, 4.69) is 20.7 Å². The molecule has 4 rings (SSSR count). The maximum atomic E-state index is 12.4. The van der Waals surface area contributed by atoms with Gasteiger partial charge in [-0.25, -0.2) is 4.79 Å². The van der Waals surface area contributed by atoms with Crippen LogP contribution in [0.2, 0.25) is 0 Å². The first kappa shape index (κ1) is 18.9. The first-order valence-electron chi connectivity index (χ1n) is 8.89. The van der Waals surface area contributed by atoms with Crippen LogP contribution < -0.4 is 15.8 Å². The zero-order chi connectivity index (χ0) is 20.2. The molecule has 29 heavy (non-hydrogen) atoms. The van der Waals surface area contributed by atoms with Gasteiger partial charge < -0.3 is 9.15 Å². The van der Waals surface area contributed by atoms with Crippen molar-refractivity contribution in [3.63, 3.8) is 0 Å². The van der Waals surface area contributed by atoms with E-state index in [1.54, 1.807) is 25.3 Å². The molecule has 1 aliphatic rings. The maximum absolute atomic E-state index is 12.4. The van der Waals surface area contributed by atoms with Gasteiger partial charge in [0, 0.05) is 11.1 Å². The molecule has 0 saturated heterocycles. The third kappa shape index (κ3) is 4.22. The minimum atomic E-state index is -0.429. The summed E-state index contributed by atoms with van der Waals surface area (Å²) in [5.41, 5.74) is 5.75. The summed E-state index contributed by atoms with van der Waals surface area (Å²) >= 11 is 1.42. The molecule has 1 N–H and O–H groups in total. The number of rotatable bonds is 4. The fourth-order valence-electron chi connectivity index (χ4n) is 2.79. The minimum absolute atomic E-state index is 0.411. The van der Waals surface area contributed by atoms with Gasteiger partial charge in [0.2, 0.25) is 5.17 Å². The van der Waals surface area contributed by atoms with E-state index in [4.69, 9.17) is 9.15 Å². The molecule has 146 valence electrons. The number of benzene rings is 2. The van der Waals surface area contributed by atoms with Gasteiger partial charge in [-0.1, -0.05) is 42.1 Å². The Kier molecular flexibility index (Phi) is 5.44. The second-order valence-electron chi connectivity index (χ2n) is 6.27. The Bertz CT molecular complexity index is 1200. The van der Waals surface area contributed by atoms with Crippen LogP contribution in [-0.2, 0) is 0 Å². The largest absolute Gasteiger partial charge is 0.497 e. The molecule has 0 bridgehead atoms. The van der Waals surface area contributed by atoms with Crippen LogP contribution in [0.3, 0.4) is 0 Å². The number of hydrogen-bond acceptors (Lipinski definition) is 7. The van der Waals surface area contributed by atoms with Gasteiger partial charge in [0.1, 0.15) is 11.3 Å². The molecule has 2 aromatic carbocycles. The van der Waals surface area contributed by atoms with Crippen LogP contribution in [0.25, 0.3) is 11.0 Å². The third-order valence-corrected chi connectivity index (χ3v) is 5.23. The molecular formula is C21H18N4O3S. The molecule has 0 fully saturated rings. The van der Waals surface area contributed by atoms with E-state index in [0.717, 1.165) is 16.7 Å². The molecule has 0 radical (unpaired) electrons. The van der Waals surface area contributed by atoms with Gasteiger partial charge in [-0.05, 0) is 36.8 Å². The summed E-state index contributed by atoms with van der Waals surface area (Å²) in [7, 11) is 1.59. The molecule has 8 heteroatoms. The van der Waals surface area contributed by atoms with E-state index in [9.17, 15) is 4.79 Å². The number of hydrogen-bond donors (Lipinski definition) is 1. The summed E-state index contributed by atoms with van der Waals surface area (Å²) in [5, 5.41) is 14.1. The lowest BCUT2D eigenvalue weighted by molar-refractivity contribution is 0.415. The number of hydrazone groups is 1. The van der Waals surface area contributed by atoms with Gasteiger partial charge in [-0.3, -0.25) is 5.43 Å².